The summed E-state index contributed by atoms with van der Waals surface area (Å²) in [7, 11) is 3.37. The summed E-state index contributed by atoms with van der Waals surface area (Å²) in [5.74, 6) is 0.887. The van der Waals surface area contributed by atoms with Gasteiger partial charge in [0.2, 0.25) is 11.8 Å². The van der Waals surface area contributed by atoms with Gasteiger partial charge in [0.15, 0.2) is 5.96 Å². The molecule has 0 radical (unpaired) electrons. The Labute approximate surface area is 162 Å². The van der Waals surface area contributed by atoms with Crippen LogP contribution in [0.2, 0.25) is 0 Å². The van der Waals surface area contributed by atoms with Gasteiger partial charge in [-0.15, -0.1) is 0 Å². The third-order valence-corrected chi connectivity index (χ3v) is 4.25. The molecule has 0 unspecified atom stereocenters. The van der Waals surface area contributed by atoms with E-state index in [-0.39, 0.29) is 17.2 Å². The molecular weight excluding hydrogens is 348 g/mol. The average Bonchev–Trinajstić information content (AvgIpc) is 2.62. The van der Waals surface area contributed by atoms with Crippen molar-refractivity contribution in [3.8, 4) is 0 Å². The quantitative estimate of drug-likeness (QED) is 0.285. The van der Waals surface area contributed by atoms with Crippen LogP contribution in [0.1, 0.15) is 20.8 Å². The van der Waals surface area contributed by atoms with Gasteiger partial charge < -0.3 is 25.6 Å². The molecule has 1 saturated heterocycles. The van der Waals surface area contributed by atoms with E-state index in [0.29, 0.717) is 32.8 Å². The highest BCUT2D eigenvalue weighted by molar-refractivity contribution is 5.82. The van der Waals surface area contributed by atoms with Crippen LogP contribution in [-0.2, 0) is 14.3 Å². The normalized spacial score (nSPS) is 16.2. The van der Waals surface area contributed by atoms with Crippen molar-refractivity contribution in [1.82, 2.24) is 25.8 Å². The maximum Gasteiger partial charge on any atom is 0.234 e. The van der Waals surface area contributed by atoms with Gasteiger partial charge in [-0.25, -0.2) is 0 Å². The van der Waals surface area contributed by atoms with Gasteiger partial charge in [-0.1, -0.05) is 20.8 Å². The second-order valence-electron chi connectivity index (χ2n) is 7.59. The predicted molar refractivity (Wildman–Crippen MR) is 107 cm³/mol. The summed E-state index contributed by atoms with van der Waals surface area (Å²) < 4.78 is 4.93. The Bertz CT molecular complexity index is 496. The van der Waals surface area contributed by atoms with Crippen LogP contribution in [-0.4, -0.2) is 101 Å². The molecule has 1 rings (SSSR count). The van der Waals surface area contributed by atoms with Crippen molar-refractivity contribution in [2.75, 3.05) is 73.1 Å². The van der Waals surface area contributed by atoms with Crippen molar-refractivity contribution in [1.29, 1.82) is 0 Å². The van der Waals surface area contributed by atoms with Crippen LogP contribution in [0.5, 0.6) is 0 Å². The molecule has 1 heterocycles. The number of aliphatic imine (C=N–C) groups is 1. The molecule has 0 aliphatic carbocycles. The summed E-state index contributed by atoms with van der Waals surface area (Å²) in [6.45, 7) is 11.5. The lowest BCUT2D eigenvalue weighted by molar-refractivity contribution is -0.128. The van der Waals surface area contributed by atoms with E-state index < -0.39 is 0 Å². The smallest absolute Gasteiger partial charge is 0.234 e. The first kappa shape index (κ1) is 23.2. The fraction of sp³-hybridized carbons (Fsp3) is 0.833. The number of hydrogen-bond acceptors (Lipinski definition) is 5. The second-order valence-corrected chi connectivity index (χ2v) is 7.59. The standard InChI is InChI=1S/C18H36N6O3/c1-18(2,3)16(26)21-6-7-22-17(19-4)24-11-9-23(10-12-24)14-15(25)20-8-13-27-5/h6-14H2,1-5H3,(H,19,22)(H,20,25)(H,21,26). The molecule has 0 bridgehead atoms. The summed E-state index contributed by atoms with van der Waals surface area (Å²) in [5, 5.41) is 9.04. The van der Waals surface area contributed by atoms with E-state index in [4.69, 9.17) is 4.74 Å². The molecule has 2 amide bonds. The molecule has 1 fully saturated rings. The SMILES string of the molecule is CN=C(NCCNC(=O)C(C)(C)C)N1CCN(CC(=O)NCCOC)CC1. The first-order valence-electron chi connectivity index (χ1n) is 9.49. The fourth-order valence-corrected chi connectivity index (χ4v) is 2.62. The maximum absolute atomic E-state index is 11.9. The Balaban J connectivity index is 2.27. The summed E-state index contributed by atoms with van der Waals surface area (Å²) in [6.07, 6.45) is 0. The monoisotopic (exact) mass is 384 g/mol. The zero-order chi connectivity index (χ0) is 20.3. The Hall–Kier alpha value is -1.87. The third-order valence-electron chi connectivity index (χ3n) is 4.25. The predicted octanol–water partition coefficient (Wildman–Crippen LogP) is -0.896. The van der Waals surface area contributed by atoms with Gasteiger partial charge in [-0.05, 0) is 0 Å². The molecular formula is C18H36N6O3. The molecule has 0 aromatic heterocycles. The molecule has 156 valence electrons. The van der Waals surface area contributed by atoms with Crippen LogP contribution in [0.4, 0.5) is 0 Å². The maximum atomic E-state index is 11.9. The zero-order valence-electron chi connectivity index (χ0n) is 17.4. The summed E-state index contributed by atoms with van der Waals surface area (Å²) >= 11 is 0. The number of methoxy groups -OCH3 is 1. The number of piperazine rings is 1. The lowest BCUT2D eigenvalue weighted by Gasteiger charge is -2.36. The van der Waals surface area contributed by atoms with Crippen LogP contribution < -0.4 is 16.0 Å². The van der Waals surface area contributed by atoms with Crippen LogP contribution in [0.25, 0.3) is 0 Å². The van der Waals surface area contributed by atoms with E-state index in [1.807, 2.05) is 20.8 Å². The molecule has 0 aromatic rings. The van der Waals surface area contributed by atoms with Gasteiger partial charge in [-0.3, -0.25) is 19.5 Å². The minimum absolute atomic E-state index is 0.0256. The number of amides is 2. The Morgan fingerprint density at radius 1 is 1.00 bits per heavy atom. The van der Waals surface area contributed by atoms with Gasteiger partial charge in [0.1, 0.15) is 0 Å². The topological polar surface area (TPSA) is 98.3 Å². The molecule has 1 aliphatic rings. The van der Waals surface area contributed by atoms with E-state index in [0.717, 1.165) is 32.1 Å². The third kappa shape index (κ3) is 9.05. The van der Waals surface area contributed by atoms with Gasteiger partial charge >= 0.3 is 0 Å². The molecule has 3 N–H and O–H groups in total. The van der Waals surface area contributed by atoms with Crippen LogP contribution in [0.15, 0.2) is 4.99 Å². The minimum Gasteiger partial charge on any atom is -0.383 e. The Morgan fingerprint density at radius 2 is 1.63 bits per heavy atom. The molecule has 27 heavy (non-hydrogen) atoms. The van der Waals surface area contributed by atoms with Crippen molar-refractivity contribution in [2.24, 2.45) is 10.4 Å². The summed E-state index contributed by atoms with van der Waals surface area (Å²) in [5.41, 5.74) is -0.381. The first-order valence-corrected chi connectivity index (χ1v) is 9.49. The first-order chi connectivity index (χ1) is 12.8. The van der Waals surface area contributed by atoms with E-state index in [1.165, 1.54) is 0 Å². The second kappa shape index (κ2) is 11.8. The highest BCUT2D eigenvalue weighted by Crippen LogP contribution is 2.11. The van der Waals surface area contributed by atoms with Crippen molar-refractivity contribution in [3.63, 3.8) is 0 Å². The Morgan fingerprint density at radius 3 is 2.19 bits per heavy atom. The highest BCUT2D eigenvalue weighted by atomic mass is 16.5. The summed E-state index contributed by atoms with van der Waals surface area (Å²) in [6, 6.07) is 0. The lowest BCUT2D eigenvalue weighted by Crippen LogP contribution is -2.54. The molecule has 1 aliphatic heterocycles. The molecule has 0 aromatic carbocycles. The van der Waals surface area contributed by atoms with Crippen LogP contribution >= 0.6 is 0 Å². The number of nitrogens with zero attached hydrogens (tertiary/aromatic N) is 3. The zero-order valence-corrected chi connectivity index (χ0v) is 17.4. The van der Waals surface area contributed by atoms with Gasteiger partial charge in [0, 0.05) is 65.4 Å². The Kier molecular flexibility index (Phi) is 10.1. The number of nitrogens with one attached hydrogen (secondary N) is 3. The van der Waals surface area contributed by atoms with Crippen molar-refractivity contribution < 1.29 is 14.3 Å². The lowest BCUT2D eigenvalue weighted by atomic mass is 9.96. The number of ether oxygens (including phenoxy) is 1. The number of carbonyl (C=O) groups excluding carboxylic acids is 2. The van der Waals surface area contributed by atoms with Crippen molar-refractivity contribution in [3.05, 3.63) is 0 Å². The number of rotatable bonds is 8. The molecule has 9 nitrogen and oxygen atoms in total. The van der Waals surface area contributed by atoms with Crippen molar-refractivity contribution in [2.45, 2.75) is 20.8 Å². The molecule has 0 spiro atoms. The van der Waals surface area contributed by atoms with Gasteiger partial charge in [0.05, 0.1) is 13.2 Å². The molecule has 0 atom stereocenters. The minimum atomic E-state index is -0.381. The van der Waals surface area contributed by atoms with Crippen LogP contribution in [0.3, 0.4) is 0 Å². The molecule has 9 heteroatoms. The van der Waals surface area contributed by atoms with E-state index in [1.54, 1.807) is 14.2 Å². The molecule has 0 saturated carbocycles. The van der Waals surface area contributed by atoms with Gasteiger partial charge in [-0.2, -0.15) is 0 Å². The summed E-state index contributed by atoms with van der Waals surface area (Å²) in [4.78, 5) is 32.4. The van der Waals surface area contributed by atoms with E-state index in [2.05, 4.69) is 30.7 Å². The van der Waals surface area contributed by atoms with Gasteiger partial charge in [0.25, 0.3) is 0 Å². The van der Waals surface area contributed by atoms with E-state index in [9.17, 15) is 9.59 Å². The average molecular weight is 385 g/mol. The van der Waals surface area contributed by atoms with E-state index >= 15 is 0 Å². The number of hydrogen-bond donors (Lipinski definition) is 3. The van der Waals surface area contributed by atoms with Crippen molar-refractivity contribution >= 4 is 17.8 Å². The fourth-order valence-electron chi connectivity index (χ4n) is 2.62. The largest absolute Gasteiger partial charge is 0.383 e. The number of carbonyl (C=O) groups is 2. The highest BCUT2D eigenvalue weighted by Gasteiger charge is 2.22. The van der Waals surface area contributed by atoms with Crippen LogP contribution in [0, 0.1) is 5.41 Å². The number of guanidine groups is 1.